The van der Waals surface area contributed by atoms with Crippen LogP contribution in [0.4, 0.5) is 0 Å². The molecule has 0 radical (unpaired) electrons. The maximum Gasteiger partial charge on any atom is 0.224 e. The monoisotopic (exact) mass is 455 g/mol. The number of aryl methyl sites for hydroxylation is 1. The maximum absolute atomic E-state index is 12.9. The molecule has 2 N–H and O–H groups in total. The third kappa shape index (κ3) is 7.38. The van der Waals surface area contributed by atoms with Crippen LogP contribution in [-0.4, -0.2) is 41.8 Å². The van der Waals surface area contributed by atoms with Crippen LogP contribution in [0.3, 0.4) is 0 Å². The summed E-state index contributed by atoms with van der Waals surface area (Å²) in [6.45, 7) is 2.63. The first-order valence-electron chi connectivity index (χ1n) is 11.0. The van der Waals surface area contributed by atoms with Gasteiger partial charge in [0.1, 0.15) is 0 Å². The third-order valence-electron chi connectivity index (χ3n) is 5.72. The van der Waals surface area contributed by atoms with E-state index < -0.39 is 6.04 Å². The number of hydrogen-bond donors (Lipinski definition) is 2. The standard InChI is InChI=1S/C25H30ClN3O3/c1-18(30)27-23(20-8-10-21(26)11-9-20)17-25(32)29-15-13-22(14-16-29)28-24(31)12-7-19-5-3-2-4-6-19/h2-6,8-11,22-23H,7,12-17H2,1H3,(H,27,30)(H,28,31). The van der Waals surface area contributed by atoms with E-state index in [-0.39, 0.29) is 30.2 Å². The van der Waals surface area contributed by atoms with E-state index in [1.165, 1.54) is 6.92 Å². The first-order chi connectivity index (χ1) is 15.4. The molecule has 1 aliphatic heterocycles. The van der Waals surface area contributed by atoms with Gasteiger partial charge in [0.05, 0.1) is 12.5 Å². The van der Waals surface area contributed by atoms with Crippen LogP contribution in [0.25, 0.3) is 0 Å². The molecule has 1 aliphatic rings. The quantitative estimate of drug-likeness (QED) is 0.637. The maximum atomic E-state index is 12.9. The smallest absolute Gasteiger partial charge is 0.224 e. The molecule has 2 aromatic rings. The van der Waals surface area contributed by atoms with Crippen molar-refractivity contribution in [2.24, 2.45) is 0 Å². The minimum atomic E-state index is -0.396. The number of rotatable bonds is 8. The molecule has 1 atom stereocenters. The van der Waals surface area contributed by atoms with Crippen LogP contribution in [0.15, 0.2) is 54.6 Å². The SMILES string of the molecule is CC(=O)NC(CC(=O)N1CCC(NC(=O)CCc2ccccc2)CC1)c1ccc(Cl)cc1. The van der Waals surface area contributed by atoms with Crippen molar-refractivity contribution in [2.75, 3.05) is 13.1 Å². The van der Waals surface area contributed by atoms with Crippen molar-refractivity contribution in [2.45, 2.75) is 51.1 Å². The zero-order valence-electron chi connectivity index (χ0n) is 18.4. The number of nitrogens with zero attached hydrogens (tertiary/aromatic N) is 1. The van der Waals surface area contributed by atoms with Gasteiger partial charge in [0.2, 0.25) is 17.7 Å². The van der Waals surface area contributed by atoms with Crippen molar-refractivity contribution in [3.8, 4) is 0 Å². The van der Waals surface area contributed by atoms with E-state index >= 15 is 0 Å². The summed E-state index contributed by atoms with van der Waals surface area (Å²) in [5.41, 5.74) is 2.00. The number of carbonyl (C=O) groups excluding carboxylic acids is 3. The highest BCUT2D eigenvalue weighted by molar-refractivity contribution is 6.30. The summed E-state index contributed by atoms with van der Waals surface area (Å²) >= 11 is 5.96. The molecule has 3 amide bonds. The molecule has 7 heteroatoms. The number of benzene rings is 2. The van der Waals surface area contributed by atoms with Gasteiger partial charge in [-0.2, -0.15) is 0 Å². The highest BCUT2D eigenvalue weighted by Gasteiger charge is 2.26. The average molecular weight is 456 g/mol. The predicted octanol–water partition coefficient (Wildman–Crippen LogP) is 3.65. The van der Waals surface area contributed by atoms with Gasteiger partial charge >= 0.3 is 0 Å². The highest BCUT2D eigenvalue weighted by atomic mass is 35.5. The molecule has 2 aromatic carbocycles. The summed E-state index contributed by atoms with van der Waals surface area (Å²) < 4.78 is 0. The Bertz CT molecular complexity index is 910. The van der Waals surface area contributed by atoms with E-state index in [0.29, 0.717) is 24.5 Å². The lowest BCUT2D eigenvalue weighted by Crippen LogP contribution is -2.47. The fourth-order valence-electron chi connectivity index (χ4n) is 3.97. The van der Waals surface area contributed by atoms with E-state index in [9.17, 15) is 14.4 Å². The van der Waals surface area contributed by atoms with Gasteiger partial charge in [-0.05, 0) is 42.5 Å². The second-order valence-electron chi connectivity index (χ2n) is 8.22. The number of halogens is 1. The lowest BCUT2D eigenvalue weighted by Gasteiger charge is -2.33. The van der Waals surface area contributed by atoms with Gasteiger partial charge in [0, 0.05) is 37.5 Å². The second-order valence-corrected chi connectivity index (χ2v) is 8.65. The van der Waals surface area contributed by atoms with Gasteiger partial charge < -0.3 is 15.5 Å². The van der Waals surface area contributed by atoms with E-state index in [4.69, 9.17) is 11.6 Å². The van der Waals surface area contributed by atoms with Crippen LogP contribution >= 0.6 is 11.6 Å². The number of amides is 3. The summed E-state index contributed by atoms with van der Waals surface area (Å²) in [5, 5.41) is 6.57. The van der Waals surface area contributed by atoms with Crippen LogP contribution in [0.5, 0.6) is 0 Å². The Kier molecular flexibility index (Phi) is 8.68. The van der Waals surface area contributed by atoms with E-state index in [0.717, 1.165) is 30.4 Å². The predicted molar refractivity (Wildman–Crippen MR) is 125 cm³/mol. The van der Waals surface area contributed by atoms with Gasteiger partial charge in [-0.25, -0.2) is 0 Å². The molecule has 1 heterocycles. The van der Waals surface area contributed by atoms with E-state index in [1.807, 2.05) is 47.4 Å². The molecular formula is C25H30ClN3O3. The Labute approximate surface area is 194 Å². The number of carbonyl (C=O) groups is 3. The molecule has 1 fully saturated rings. The molecule has 0 aromatic heterocycles. The largest absolute Gasteiger partial charge is 0.353 e. The first-order valence-corrected chi connectivity index (χ1v) is 11.4. The summed E-state index contributed by atoms with van der Waals surface area (Å²) in [6.07, 6.45) is 2.83. The molecule has 6 nitrogen and oxygen atoms in total. The molecule has 0 bridgehead atoms. The average Bonchev–Trinajstić information content (AvgIpc) is 2.78. The minimum absolute atomic E-state index is 0.00689. The van der Waals surface area contributed by atoms with Gasteiger partial charge in [-0.1, -0.05) is 54.1 Å². The molecule has 0 saturated carbocycles. The molecule has 0 aliphatic carbocycles. The molecule has 3 rings (SSSR count). The second kappa shape index (κ2) is 11.7. The van der Waals surface area contributed by atoms with Gasteiger partial charge in [-0.3, -0.25) is 14.4 Å². The van der Waals surface area contributed by atoms with Crippen molar-refractivity contribution in [1.82, 2.24) is 15.5 Å². The summed E-state index contributed by atoms with van der Waals surface area (Å²) in [5.74, 6) is -0.144. The fraction of sp³-hybridized carbons (Fsp3) is 0.400. The Hall–Kier alpha value is -2.86. The van der Waals surface area contributed by atoms with Gasteiger partial charge in [0.25, 0.3) is 0 Å². The fourth-order valence-corrected chi connectivity index (χ4v) is 4.10. The highest BCUT2D eigenvalue weighted by Crippen LogP contribution is 2.22. The summed E-state index contributed by atoms with van der Waals surface area (Å²) in [4.78, 5) is 38.6. The Morgan fingerprint density at radius 2 is 1.69 bits per heavy atom. The topological polar surface area (TPSA) is 78.5 Å². The number of nitrogens with one attached hydrogen (secondary N) is 2. The Morgan fingerprint density at radius 1 is 1.03 bits per heavy atom. The number of likely N-dealkylation sites (tertiary alicyclic amines) is 1. The Balaban J connectivity index is 1.45. The molecular weight excluding hydrogens is 426 g/mol. The number of hydrogen-bond acceptors (Lipinski definition) is 3. The van der Waals surface area contributed by atoms with Crippen molar-refractivity contribution in [1.29, 1.82) is 0 Å². The van der Waals surface area contributed by atoms with Crippen LogP contribution in [0.1, 0.15) is 49.8 Å². The summed E-state index contributed by atoms with van der Waals surface area (Å²) in [6, 6.07) is 16.8. The van der Waals surface area contributed by atoms with Crippen molar-refractivity contribution < 1.29 is 14.4 Å². The Morgan fingerprint density at radius 3 is 2.31 bits per heavy atom. The lowest BCUT2D eigenvalue weighted by atomic mass is 10.0. The molecule has 32 heavy (non-hydrogen) atoms. The van der Waals surface area contributed by atoms with Crippen molar-refractivity contribution in [3.63, 3.8) is 0 Å². The zero-order chi connectivity index (χ0) is 22.9. The molecule has 170 valence electrons. The zero-order valence-corrected chi connectivity index (χ0v) is 19.1. The normalized spacial score (nSPS) is 15.1. The van der Waals surface area contributed by atoms with Crippen LogP contribution in [0, 0.1) is 0 Å². The molecule has 1 unspecified atom stereocenters. The van der Waals surface area contributed by atoms with Crippen LogP contribution < -0.4 is 10.6 Å². The van der Waals surface area contributed by atoms with Gasteiger partial charge in [-0.15, -0.1) is 0 Å². The van der Waals surface area contributed by atoms with Crippen LogP contribution in [0.2, 0.25) is 5.02 Å². The van der Waals surface area contributed by atoms with Gasteiger partial charge in [0.15, 0.2) is 0 Å². The summed E-state index contributed by atoms with van der Waals surface area (Å²) in [7, 11) is 0. The van der Waals surface area contributed by atoms with E-state index in [2.05, 4.69) is 10.6 Å². The van der Waals surface area contributed by atoms with Crippen molar-refractivity contribution in [3.05, 3.63) is 70.7 Å². The number of piperidine rings is 1. The lowest BCUT2D eigenvalue weighted by molar-refractivity contribution is -0.133. The minimum Gasteiger partial charge on any atom is -0.353 e. The molecule has 1 saturated heterocycles. The van der Waals surface area contributed by atoms with Crippen molar-refractivity contribution >= 4 is 29.3 Å². The van der Waals surface area contributed by atoms with E-state index in [1.54, 1.807) is 12.1 Å². The molecule has 0 spiro atoms. The first kappa shape index (κ1) is 23.8. The third-order valence-corrected chi connectivity index (χ3v) is 5.98. The van der Waals surface area contributed by atoms with Crippen LogP contribution in [-0.2, 0) is 20.8 Å².